The van der Waals surface area contributed by atoms with Gasteiger partial charge in [-0.15, -0.1) is 0 Å². The Kier molecular flexibility index (Phi) is 3.69. The Morgan fingerprint density at radius 3 is 2.47 bits per heavy atom. The smallest absolute Gasteiger partial charge is 0.409 e. The molecule has 19 heavy (non-hydrogen) atoms. The Hall–Kier alpha value is -2.51. The monoisotopic (exact) mass is 272 g/mol. The van der Waals surface area contributed by atoms with E-state index in [-0.39, 0.29) is 11.3 Å². The Labute approximate surface area is 115 Å². The van der Waals surface area contributed by atoms with Gasteiger partial charge in [0.1, 0.15) is 11.6 Å². The molecule has 0 spiro atoms. The number of primary amides is 1. The van der Waals surface area contributed by atoms with Crippen LogP contribution in [0.1, 0.15) is 5.56 Å². The van der Waals surface area contributed by atoms with Crippen LogP contribution in [0.3, 0.4) is 0 Å². The SMILES string of the molecule is N#Cc1c(OC(N)=O)ccc(Cl)c1-c1ccccc1. The summed E-state index contributed by atoms with van der Waals surface area (Å²) in [6.07, 6.45) is -0.974. The summed E-state index contributed by atoms with van der Waals surface area (Å²) in [4.78, 5) is 10.8. The van der Waals surface area contributed by atoms with Crippen molar-refractivity contribution in [1.82, 2.24) is 0 Å². The second-order valence-electron chi connectivity index (χ2n) is 3.69. The first-order chi connectivity index (χ1) is 9.13. The molecule has 0 aromatic heterocycles. The summed E-state index contributed by atoms with van der Waals surface area (Å²) >= 11 is 6.13. The minimum Gasteiger partial charge on any atom is -0.409 e. The van der Waals surface area contributed by atoms with Gasteiger partial charge in [0.25, 0.3) is 0 Å². The molecule has 0 bridgehead atoms. The lowest BCUT2D eigenvalue weighted by atomic mass is 9.99. The van der Waals surface area contributed by atoms with Gasteiger partial charge in [-0.3, -0.25) is 0 Å². The Morgan fingerprint density at radius 1 is 1.21 bits per heavy atom. The van der Waals surface area contributed by atoms with Gasteiger partial charge in [0.2, 0.25) is 0 Å². The Bertz CT molecular complexity index is 663. The van der Waals surface area contributed by atoms with Crippen LogP contribution < -0.4 is 10.5 Å². The second kappa shape index (κ2) is 5.42. The van der Waals surface area contributed by atoms with Crippen molar-refractivity contribution in [2.45, 2.75) is 0 Å². The minimum absolute atomic E-state index is 0.0956. The summed E-state index contributed by atoms with van der Waals surface area (Å²) < 4.78 is 4.81. The lowest BCUT2D eigenvalue weighted by Gasteiger charge is -2.10. The fourth-order valence-electron chi connectivity index (χ4n) is 1.75. The average molecular weight is 273 g/mol. The number of ether oxygens (including phenoxy) is 1. The number of nitrogens with zero attached hydrogens (tertiary/aromatic N) is 1. The Morgan fingerprint density at radius 2 is 1.89 bits per heavy atom. The third kappa shape index (κ3) is 2.67. The van der Waals surface area contributed by atoms with E-state index in [1.807, 2.05) is 36.4 Å². The fourth-order valence-corrected chi connectivity index (χ4v) is 2.02. The standard InChI is InChI=1S/C14H9ClN2O2/c15-11-6-7-12(19-14(17)18)10(8-16)13(11)9-4-2-1-3-5-9/h1-7H,(H2,17,18). The molecule has 94 valence electrons. The van der Waals surface area contributed by atoms with Crippen LogP contribution in [0.5, 0.6) is 5.75 Å². The largest absolute Gasteiger partial charge is 0.410 e. The van der Waals surface area contributed by atoms with Gasteiger partial charge in [0.15, 0.2) is 5.75 Å². The zero-order valence-electron chi connectivity index (χ0n) is 9.76. The molecule has 0 heterocycles. The molecule has 2 N–H and O–H groups in total. The Balaban J connectivity index is 2.66. The molecule has 0 aliphatic rings. The van der Waals surface area contributed by atoms with Gasteiger partial charge >= 0.3 is 6.09 Å². The lowest BCUT2D eigenvalue weighted by molar-refractivity contribution is 0.211. The van der Waals surface area contributed by atoms with Gasteiger partial charge in [-0.05, 0) is 17.7 Å². The zero-order valence-corrected chi connectivity index (χ0v) is 10.5. The highest BCUT2D eigenvalue weighted by Gasteiger charge is 2.16. The number of carbonyl (C=O) groups is 1. The molecular weight excluding hydrogens is 264 g/mol. The van der Waals surface area contributed by atoms with E-state index in [4.69, 9.17) is 22.1 Å². The van der Waals surface area contributed by atoms with E-state index in [2.05, 4.69) is 0 Å². The number of halogens is 1. The van der Waals surface area contributed by atoms with Crippen LogP contribution in [-0.4, -0.2) is 6.09 Å². The molecule has 1 amide bonds. The summed E-state index contributed by atoms with van der Waals surface area (Å²) in [6.45, 7) is 0. The molecule has 0 radical (unpaired) electrons. The van der Waals surface area contributed by atoms with Crippen molar-refractivity contribution < 1.29 is 9.53 Å². The number of rotatable bonds is 2. The normalized spacial score (nSPS) is 9.68. The van der Waals surface area contributed by atoms with Crippen LogP contribution in [-0.2, 0) is 0 Å². The average Bonchev–Trinajstić information content (AvgIpc) is 2.40. The van der Waals surface area contributed by atoms with Crippen molar-refractivity contribution in [3.8, 4) is 22.9 Å². The van der Waals surface area contributed by atoms with E-state index in [9.17, 15) is 10.1 Å². The molecular formula is C14H9ClN2O2. The van der Waals surface area contributed by atoms with Crippen LogP contribution >= 0.6 is 11.6 Å². The first kappa shape index (κ1) is 12.9. The molecule has 0 aliphatic heterocycles. The van der Waals surface area contributed by atoms with Crippen molar-refractivity contribution in [1.29, 1.82) is 5.26 Å². The maximum atomic E-state index is 10.8. The highest BCUT2D eigenvalue weighted by molar-refractivity contribution is 6.33. The van der Waals surface area contributed by atoms with Crippen LogP contribution in [0.4, 0.5) is 4.79 Å². The molecule has 2 aromatic carbocycles. The topological polar surface area (TPSA) is 76.1 Å². The molecule has 4 nitrogen and oxygen atoms in total. The molecule has 0 atom stereocenters. The van der Waals surface area contributed by atoms with Crippen LogP contribution in [0.2, 0.25) is 5.02 Å². The molecule has 2 aromatic rings. The fraction of sp³-hybridized carbons (Fsp3) is 0. The first-order valence-electron chi connectivity index (χ1n) is 5.39. The molecule has 2 rings (SSSR count). The first-order valence-corrected chi connectivity index (χ1v) is 5.76. The summed E-state index contributed by atoms with van der Waals surface area (Å²) in [5, 5.41) is 9.66. The molecule has 0 saturated heterocycles. The number of carbonyl (C=O) groups excluding carboxylic acids is 1. The molecule has 0 aliphatic carbocycles. The van der Waals surface area contributed by atoms with Crippen molar-refractivity contribution in [3.63, 3.8) is 0 Å². The lowest BCUT2D eigenvalue weighted by Crippen LogP contribution is -2.17. The van der Waals surface area contributed by atoms with Gasteiger partial charge in [-0.1, -0.05) is 41.9 Å². The highest BCUT2D eigenvalue weighted by Crippen LogP contribution is 2.36. The highest BCUT2D eigenvalue weighted by atomic mass is 35.5. The molecule has 0 fully saturated rings. The predicted molar refractivity (Wildman–Crippen MR) is 71.8 cm³/mol. The molecule has 0 saturated carbocycles. The zero-order chi connectivity index (χ0) is 13.8. The van der Waals surface area contributed by atoms with Crippen molar-refractivity contribution in [2.24, 2.45) is 5.73 Å². The molecule has 0 unspecified atom stereocenters. The quantitative estimate of drug-likeness (QED) is 0.911. The summed E-state index contributed by atoms with van der Waals surface area (Å²) in [5.74, 6) is 0.0956. The van der Waals surface area contributed by atoms with E-state index in [1.165, 1.54) is 6.07 Å². The van der Waals surface area contributed by atoms with E-state index >= 15 is 0 Å². The van der Waals surface area contributed by atoms with E-state index < -0.39 is 6.09 Å². The maximum Gasteiger partial charge on any atom is 0.410 e. The van der Waals surface area contributed by atoms with Gasteiger partial charge in [-0.2, -0.15) is 5.26 Å². The number of benzene rings is 2. The number of nitriles is 1. The predicted octanol–water partition coefficient (Wildman–Crippen LogP) is 3.34. The number of hydrogen-bond acceptors (Lipinski definition) is 3. The van der Waals surface area contributed by atoms with Crippen molar-refractivity contribution >= 4 is 17.7 Å². The van der Waals surface area contributed by atoms with E-state index in [1.54, 1.807) is 6.07 Å². The van der Waals surface area contributed by atoms with Crippen molar-refractivity contribution in [2.75, 3.05) is 0 Å². The minimum atomic E-state index is -0.974. The van der Waals surface area contributed by atoms with Gasteiger partial charge < -0.3 is 10.5 Å². The molecule has 5 heteroatoms. The summed E-state index contributed by atoms with van der Waals surface area (Å²) in [7, 11) is 0. The van der Waals surface area contributed by atoms with Gasteiger partial charge in [0.05, 0.1) is 0 Å². The van der Waals surface area contributed by atoms with Crippen LogP contribution in [0, 0.1) is 11.3 Å². The number of hydrogen-bond donors (Lipinski definition) is 1. The van der Waals surface area contributed by atoms with Crippen LogP contribution in [0.25, 0.3) is 11.1 Å². The van der Waals surface area contributed by atoms with Crippen molar-refractivity contribution in [3.05, 3.63) is 53.1 Å². The number of nitrogens with two attached hydrogens (primary N) is 1. The third-order valence-electron chi connectivity index (χ3n) is 2.50. The maximum absolute atomic E-state index is 10.8. The third-order valence-corrected chi connectivity index (χ3v) is 2.82. The van der Waals surface area contributed by atoms with E-state index in [0.717, 1.165) is 5.56 Å². The van der Waals surface area contributed by atoms with Gasteiger partial charge in [-0.25, -0.2) is 4.79 Å². The summed E-state index contributed by atoms with van der Waals surface area (Å²) in [5.41, 5.74) is 6.43. The van der Waals surface area contributed by atoms with Crippen LogP contribution in [0.15, 0.2) is 42.5 Å². The number of amides is 1. The summed E-state index contributed by atoms with van der Waals surface area (Å²) in [6, 6.07) is 14.1. The van der Waals surface area contributed by atoms with E-state index in [0.29, 0.717) is 10.6 Å². The van der Waals surface area contributed by atoms with Gasteiger partial charge in [0, 0.05) is 10.6 Å². The second-order valence-corrected chi connectivity index (χ2v) is 4.10.